The van der Waals surface area contributed by atoms with Crippen LogP contribution in [0.2, 0.25) is 0 Å². The predicted molar refractivity (Wildman–Crippen MR) is 88.0 cm³/mol. The van der Waals surface area contributed by atoms with Gasteiger partial charge in [0.15, 0.2) is 0 Å². The van der Waals surface area contributed by atoms with E-state index in [9.17, 15) is 4.79 Å². The number of carbonyl (C=O) groups excluding carboxylic acids is 1. The number of fused-ring (bicyclic) bond motifs is 1. The molecule has 1 saturated heterocycles. The molecule has 4 nitrogen and oxygen atoms in total. The highest BCUT2D eigenvalue weighted by molar-refractivity contribution is 7.09. The summed E-state index contributed by atoms with van der Waals surface area (Å²) in [6.07, 6.45) is 5.89. The van der Waals surface area contributed by atoms with Gasteiger partial charge in [-0.25, -0.2) is 4.98 Å². The van der Waals surface area contributed by atoms with Gasteiger partial charge in [-0.1, -0.05) is 6.07 Å². The van der Waals surface area contributed by atoms with Gasteiger partial charge < -0.3 is 9.47 Å². The molecule has 22 heavy (non-hydrogen) atoms. The van der Waals surface area contributed by atoms with Crippen molar-refractivity contribution in [3.05, 3.63) is 52.6 Å². The van der Waals surface area contributed by atoms with E-state index in [4.69, 9.17) is 0 Å². The van der Waals surface area contributed by atoms with Crippen molar-refractivity contribution < 1.29 is 4.79 Å². The zero-order chi connectivity index (χ0) is 15.1. The third-order valence-electron chi connectivity index (χ3n) is 4.39. The molecular weight excluding hydrogens is 294 g/mol. The van der Waals surface area contributed by atoms with Gasteiger partial charge in [0.05, 0.1) is 6.04 Å². The van der Waals surface area contributed by atoms with Crippen LogP contribution >= 0.6 is 11.3 Å². The maximum atomic E-state index is 12.9. The van der Waals surface area contributed by atoms with Crippen molar-refractivity contribution in [2.24, 2.45) is 7.05 Å². The third-order valence-corrected chi connectivity index (χ3v) is 5.26. The Bertz CT molecular complexity index is 822. The van der Waals surface area contributed by atoms with E-state index < -0.39 is 0 Å². The molecule has 1 aromatic carbocycles. The summed E-state index contributed by atoms with van der Waals surface area (Å²) in [5, 5.41) is 4.19. The number of thiazole rings is 1. The fourth-order valence-electron chi connectivity index (χ4n) is 3.23. The summed E-state index contributed by atoms with van der Waals surface area (Å²) >= 11 is 1.63. The molecule has 0 aliphatic carbocycles. The molecule has 4 rings (SSSR count). The van der Waals surface area contributed by atoms with Crippen molar-refractivity contribution in [1.82, 2.24) is 14.5 Å². The molecule has 1 unspecified atom stereocenters. The molecular formula is C17H17N3OS. The van der Waals surface area contributed by atoms with Gasteiger partial charge in [0, 0.05) is 42.4 Å². The van der Waals surface area contributed by atoms with Crippen molar-refractivity contribution in [1.29, 1.82) is 0 Å². The Hall–Kier alpha value is -2.14. The number of amides is 1. The topological polar surface area (TPSA) is 38.1 Å². The zero-order valence-electron chi connectivity index (χ0n) is 12.4. The minimum atomic E-state index is 0.112. The van der Waals surface area contributed by atoms with Crippen LogP contribution in [-0.4, -0.2) is 26.9 Å². The van der Waals surface area contributed by atoms with Crippen molar-refractivity contribution in [3.8, 4) is 0 Å². The highest BCUT2D eigenvalue weighted by Gasteiger charge is 2.32. The monoisotopic (exact) mass is 311 g/mol. The predicted octanol–water partition coefficient (Wildman–Crippen LogP) is 3.61. The van der Waals surface area contributed by atoms with Gasteiger partial charge >= 0.3 is 0 Å². The Labute approximate surface area is 133 Å². The Morgan fingerprint density at radius 1 is 1.36 bits per heavy atom. The number of benzene rings is 1. The Balaban J connectivity index is 1.68. The first-order valence-corrected chi connectivity index (χ1v) is 8.37. The quantitative estimate of drug-likeness (QED) is 0.725. The molecule has 0 N–H and O–H groups in total. The van der Waals surface area contributed by atoms with Gasteiger partial charge in [0.25, 0.3) is 5.91 Å². The second kappa shape index (κ2) is 5.25. The molecule has 2 aromatic heterocycles. The van der Waals surface area contributed by atoms with Gasteiger partial charge in [-0.3, -0.25) is 4.79 Å². The van der Waals surface area contributed by atoms with E-state index in [-0.39, 0.29) is 11.9 Å². The molecule has 3 heterocycles. The van der Waals surface area contributed by atoms with Gasteiger partial charge in [0.2, 0.25) is 0 Å². The van der Waals surface area contributed by atoms with Crippen LogP contribution in [0.1, 0.15) is 34.2 Å². The molecule has 0 spiro atoms. The number of hydrogen-bond acceptors (Lipinski definition) is 3. The summed E-state index contributed by atoms with van der Waals surface area (Å²) in [5.74, 6) is 0.112. The Morgan fingerprint density at radius 2 is 2.27 bits per heavy atom. The summed E-state index contributed by atoms with van der Waals surface area (Å²) in [7, 11) is 2.00. The van der Waals surface area contributed by atoms with Crippen LogP contribution in [0, 0.1) is 0 Å². The summed E-state index contributed by atoms with van der Waals surface area (Å²) < 4.78 is 2.05. The van der Waals surface area contributed by atoms with Crippen LogP contribution in [0.25, 0.3) is 10.9 Å². The molecule has 3 aromatic rings. The third kappa shape index (κ3) is 2.13. The van der Waals surface area contributed by atoms with Gasteiger partial charge in [-0.15, -0.1) is 11.3 Å². The Morgan fingerprint density at radius 3 is 3.09 bits per heavy atom. The zero-order valence-corrected chi connectivity index (χ0v) is 13.2. The fraction of sp³-hybridized carbons (Fsp3) is 0.294. The van der Waals surface area contributed by atoms with E-state index in [1.807, 2.05) is 47.9 Å². The van der Waals surface area contributed by atoms with Gasteiger partial charge in [-0.2, -0.15) is 0 Å². The van der Waals surface area contributed by atoms with Crippen molar-refractivity contribution in [3.63, 3.8) is 0 Å². The normalized spacial score (nSPS) is 18.2. The lowest BCUT2D eigenvalue weighted by Gasteiger charge is -2.23. The van der Waals surface area contributed by atoms with Crippen LogP contribution in [0.15, 0.2) is 42.0 Å². The number of aryl methyl sites for hydroxylation is 1. The molecule has 1 aliphatic rings. The van der Waals surface area contributed by atoms with Gasteiger partial charge in [0.1, 0.15) is 5.01 Å². The van der Waals surface area contributed by atoms with Crippen LogP contribution in [0.4, 0.5) is 0 Å². The highest BCUT2D eigenvalue weighted by atomic mass is 32.1. The summed E-state index contributed by atoms with van der Waals surface area (Å²) in [6.45, 7) is 0.814. The molecule has 1 amide bonds. The van der Waals surface area contributed by atoms with Crippen molar-refractivity contribution in [2.75, 3.05) is 6.54 Å². The molecule has 0 saturated carbocycles. The SMILES string of the molecule is Cn1ccc2ccc(C(=O)N3CCCC3c3nccs3)cc21. The summed E-state index contributed by atoms with van der Waals surface area (Å²) in [6, 6.07) is 8.16. The van der Waals surface area contributed by atoms with E-state index in [1.54, 1.807) is 11.3 Å². The lowest BCUT2D eigenvalue weighted by Crippen LogP contribution is -2.30. The van der Waals surface area contributed by atoms with Crippen LogP contribution in [-0.2, 0) is 7.05 Å². The molecule has 112 valence electrons. The molecule has 0 bridgehead atoms. The minimum absolute atomic E-state index is 0.112. The number of likely N-dealkylation sites (tertiary alicyclic amines) is 1. The first-order chi connectivity index (χ1) is 10.7. The van der Waals surface area contributed by atoms with Gasteiger partial charge in [-0.05, 0) is 36.4 Å². The Kier molecular flexibility index (Phi) is 3.22. The van der Waals surface area contributed by atoms with Crippen molar-refractivity contribution >= 4 is 28.1 Å². The first kappa shape index (κ1) is 13.5. The molecule has 5 heteroatoms. The lowest BCUT2D eigenvalue weighted by molar-refractivity contribution is 0.0735. The largest absolute Gasteiger partial charge is 0.351 e. The molecule has 1 fully saturated rings. The smallest absolute Gasteiger partial charge is 0.254 e. The maximum absolute atomic E-state index is 12.9. The maximum Gasteiger partial charge on any atom is 0.254 e. The minimum Gasteiger partial charge on any atom is -0.351 e. The van der Waals surface area contributed by atoms with E-state index in [1.165, 1.54) is 0 Å². The molecule has 1 aliphatic heterocycles. The number of rotatable bonds is 2. The number of hydrogen-bond donors (Lipinski definition) is 0. The van der Waals surface area contributed by atoms with E-state index in [0.29, 0.717) is 0 Å². The van der Waals surface area contributed by atoms with E-state index >= 15 is 0 Å². The lowest BCUT2D eigenvalue weighted by atomic mass is 10.1. The van der Waals surface area contributed by atoms with Crippen LogP contribution < -0.4 is 0 Å². The average molecular weight is 311 g/mol. The van der Waals surface area contributed by atoms with E-state index in [0.717, 1.165) is 40.9 Å². The second-order valence-corrected chi connectivity index (χ2v) is 6.65. The number of aromatic nitrogens is 2. The summed E-state index contributed by atoms with van der Waals surface area (Å²) in [5.41, 5.74) is 1.86. The standard InChI is InChI=1S/C17H17N3OS/c1-19-9-6-12-4-5-13(11-15(12)19)17(21)20-8-2-3-14(20)16-18-7-10-22-16/h4-7,9-11,14H,2-3,8H2,1H3. The number of carbonyl (C=O) groups is 1. The van der Waals surface area contributed by atoms with Crippen LogP contribution in [0.5, 0.6) is 0 Å². The van der Waals surface area contributed by atoms with E-state index in [2.05, 4.69) is 15.6 Å². The summed E-state index contributed by atoms with van der Waals surface area (Å²) in [4.78, 5) is 19.3. The average Bonchev–Trinajstić information content (AvgIpc) is 3.26. The fourth-order valence-corrected chi connectivity index (χ4v) is 4.01. The molecule has 0 radical (unpaired) electrons. The molecule has 1 atom stereocenters. The second-order valence-electron chi connectivity index (χ2n) is 5.73. The number of nitrogens with zero attached hydrogens (tertiary/aromatic N) is 3. The van der Waals surface area contributed by atoms with Crippen LogP contribution in [0.3, 0.4) is 0 Å². The first-order valence-electron chi connectivity index (χ1n) is 7.49. The van der Waals surface area contributed by atoms with Crippen molar-refractivity contribution in [2.45, 2.75) is 18.9 Å². The highest BCUT2D eigenvalue weighted by Crippen LogP contribution is 2.34.